The third-order valence-electron chi connectivity index (χ3n) is 3.46. The fraction of sp³-hybridized carbons (Fsp3) is 0.235. The van der Waals surface area contributed by atoms with Gasteiger partial charge in [0, 0.05) is 18.3 Å². The predicted octanol–water partition coefficient (Wildman–Crippen LogP) is 4.19. The number of thioether (sulfide) groups is 1. The van der Waals surface area contributed by atoms with Crippen LogP contribution < -0.4 is 10.1 Å². The average Bonchev–Trinajstić information content (AvgIpc) is 3.27. The van der Waals surface area contributed by atoms with Gasteiger partial charge in [-0.25, -0.2) is 0 Å². The van der Waals surface area contributed by atoms with E-state index in [4.69, 9.17) is 4.42 Å². The highest BCUT2D eigenvalue weighted by atomic mass is 32.2. The van der Waals surface area contributed by atoms with E-state index in [-0.39, 0.29) is 11.4 Å². The molecule has 0 aliphatic heterocycles. The summed E-state index contributed by atoms with van der Waals surface area (Å²) in [6, 6.07) is 8.56. The first kappa shape index (κ1) is 19.8. The fourth-order valence-electron chi connectivity index (χ4n) is 2.37. The molecule has 28 heavy (non-hydrogen) atoms. The second-order valence-electron chi connectivity index (χ2n) is 5.44. The molecule has 0 saturated carbocycles. The van der Waals surface area contributed by atoms with Gasteiger partial charge >= 0.3 is 6.36 Å². The fourth-order valence-corrected chi connectivity index (χ4v) is 3.17. The zero-order chi connectivity index (χ0) is 20.1. The Balaban J connectivity index is 1.62. The molecule has 0 aliphatic rings. The lowest BCUT2D eigenvalue weighted by atomic mass is 10.3. The van der Waals surface area contributed by atoms with Gasteiger partial charge in [-0.05, 0) is 31.2 Å². The second-order valence-corrected chi connectivity index (χ2v) is 6.38. The van der Waals surface area contributed by atoms with Crippen molar-refractivity contribution in [3.05, 3.63) is 42.7 Å². The predicted molar refractivity (Wildman–Crippen MR) is 95.9 cm³/mol. The van der Waals surface area contributed by atoms with Crippen molar-refractivity contribution in [3.8, 4) is 17.3 Å². The molecule has 0 spiro atoms. The van der Waals surface area contributed by atoms with Crippen molar-refractivity contribution in [1.29, 1.82) is 0 Å². The Kier molecular flexibility index (Phi) is 5.93. The van der Waals surface area contributed by atoms with Gasteiger partial charge in [0.1, 0.15) is 5.75 Å². The number of aromatic nitrogens is 3. The van der Waals surface area contributed by atoms with Gasteiger partial charge in [0.05, 0.1) is 12.0 Å². The van der Waals surface area contributed by atoms with Crippen molar-refractivity contribution in [3.63, 3.8) is 0 Å². The van der Waals surface area contributed by atoms with Crippen molar-refractivity contribution >= 4 is 23.4 Å². The van der Waals surface area contributed by atoms with E-state index in [1.807, 2.05) is 6.92 Å². The van der Waals surface area contributed by atoms with E-state index in [0.717, 1.165) is 23.9 Å². The monoisotopic (exact) mass is 412 g/mol. The maximum absolute atomic E-state index is 12.3. The van der Waals surface area contributed by atoms with Crippen LogP contribution in [0.3, 0.4) is 0 Å². The Morgan fingerprint density at radius 3 is 2.79 bits per heavy atom. The summed E-state index contributed by atoms with van der Waals surface area (Å²) in [5, 5.41) is 11.2. The largest absolute Gasteiger partial charge is 0.573 e. The Morgan fingerprint density at radius 1 is 1.29 bits per heavy atom. The molecule has 0 atom stereocenters. The molecule has 3 aromatic rings. The summed E-state index contributed by atoms with van der Waals surface area (Å²) in [4.78, 5) is 12.1. The summed E-state index contributed by atoms with van der Waals surface area (Å²) in [7, 11) is 0. The minimum absolute atomic E-state index is 0.000639. The number of halogens is 3. The first-order chi connectivity index (χ1) is 13.4. The molecule has 2 aromatic heterocycles. The molecule has 0 bridgehead atoms. The van der Waals surface area contributed by atoms with Crippen LogP contribution in [0.1, 0.15) is 6.92 Å². The first-order valence-electron chi connectivity index (χ1n) is 8.11. The van der Waals surface area contributed by atoms with Crippen LogP contribution in [0.4, 0.5) is 18.9 Å². The molecule has 0 radical (unpaired) electrons. The quantitative estimate of drug-likeness (QED) is 0.586. The number of alkyl halides is 3. The van der Waals surface area contributed by atoms with Crippen LogP contribution in [0.25, 0.3) is 11.6 Å². The highest BCUT2D eigenvalue weighted by Gasteiger charge is 2.31. The molecular formula is C17H15F3N4O3S. The van der Waals surface area contributed by atoms with E-state index >= 15 is 0 Å². The molecule has 1 aromatic carbocycles. The number of nitrogens with zero attached hydrogens (tertiary/aromatic N) is 3. The van der Waals surface area contributed by atoms with Crippen molar-refractivity contribution in [1.82, 2.24) is 14.8 Å². The molecule has 1 N–H and O–H groups in total. The van der Waals surface area contributed by atoms with Gasteiger partial charge in [0.2, 0.25) is 5.91 Å². The Morgan fingerprint density at radius 2 is 2.11 bits per heavy atom. The van der Waals surface area contributed by atoms with Crippen molar-refractivity contribution in [2.24, 2.45) is 0 Å². The summed E-state index contributed by atoms with van der Waals surface area (Å²) in [5.74, 6) is 0.298. The zero-order valence-electron chi connectivity index (χ0n) is 14.6. The Labute approximate surface area is 161 Å². The average molecular weight is 412 g/mol. The molecule has 0 unspecified atom stereocenters. The van der Waals surface area contributed by atoms with E-state index in [1.54, 1.807) is 16.7 Å². The molecule has 148 valence electrons. The number of anilines is 1. The first-order valence-corrected chi connectivity index (χ1v) is 9.10. The molecule has 0 saturated heterocycles. The summed E-state index contributed by atoms with van der Waals surface area (Å²) in [6.45, 7) is 2.48. The number of nitrogens with one attached hydrogen (secondary N) is 1. The Hall–Kier alpha value is -2.95. The number of ether oxygens (including phenoxy) is 1. The van der Waals surface area contributed by atoms with Crippen molar-refractivity contribution in [2.45, 2.75) is 25.0 Å². The van der Waals surface area contributed by atoms with Gasteiger partial charge in [-0.2, -0.15) is 0 Å². The van der Waals surface area contributed by atoms with Crippen LogP contribution in [0.15, 0.2) is 52.2 Å². The van der Waals surface area contributed by atoms with Crippen LogP contribution in [-0.2, 0) is 11.3 Å². The lowest BCUT2D eigenvalue weighted by molar-refractivity contribution is -0.274. The zero-order valence-corrected chi connectivity index (χ0v) is 15.4. The van der Waals surface area contributed by atoms with E-state index in [2.05, 4.69) is 20.3 Å². The number of amides is 1. The minimum atomic E-state index is -4.80. The number of hydrogen-bond donors (Lipinski definition) is 1. The molecule has 2 heterocycles. The summed E-state index contributed by atoms with van der Waals surface area (Å²) in [6.07, 6.45) is -3.27. The maximum atomic E-state index is 12.3. The van der Waals surface area contributed by atoms with E-state index in [9.17, 15) is 18.0 Å². The van der Waals surface area contributed by atoms with E-state index in [1.165, 1.54) is 18.4 Å². The lowest BCUT2D eigenvalue weighted by Crippen LogP contribution is -2.18. The van der Waals surface area contributed by atoms with Crippen molar-refractivity contribution < 1.29 is 27.1 Å². The molecule has 11 heteroatoms. The van der Waals surface area contributed by atoms with E-state index in [0.29, 0.717) is 23.3 Å². The number of rotatable bonds is 7. The number of furan rings is 1. The van der Waals surface area contributed by atoms with Crippen LogP contribution >= 0.6 is 11.8 Å². The smallest absolute Gasteiger partial charge is 0.461 e. The SMILES string of the molecule is CCn1c(SCC(=O)Nc2cccc(OC(F)(F)F)c2)nnc1-c1ccco1. The lowest BCUT2D eigenvalue weighted by Gasteiger charge is -2.10. The van der Waals surface area contributed by atoms with Gasteiger partial charge in [-0.1, -0.05) is 17.8 Å². The third-order valence-corrected chi connectivity index (χ3v) is 4.43. The summed E-state index contributed by atoms with van der Waals surface area (Å²) >= 11 is 1.16. The Bertz CT molecular complexity index is 942. The molecule has 1 amide bonds. The normalized spacial score (nSPS) is 11.4. The van der Waals surface area contributed by atoms with Gasteiger partial charge in [0.15, 0.2) is 16.7 Å². The van der Waals surface area contributed by atoms with Gasteiger partial charge in [-0.15, -0.1) is 23.4 Å². The topological polar surface area (TPSA) is 82.2 Å². The minimum Gasteiger partial charge on any atom is -0.461 e. The molecule has 0 fully saturated rings. The number of carbonyl (C=O) groups excluding carboxylic acids is 1. The number of benzene rings is 1. The van der Waals surface area contributed by atoms with Gasteiger partial charge < -0.3 is 14.5 Å². The summed E-state index contributed by atoms with van der Waals surface area (Å²) in [5.41, 5.74) is 0.195. The maximum Gasteiger partial charge on any atom is 0.573 e. The van der Waals surface area contributed by atoms with Crippen LogP contribution in [0, 0.1) is 0 Å². The van der Waals surface area contributed by atoms with Crippen LogP contribution in [-0.4, -0.2) is 32.8 Å². The highest BCUT2D eigenvalue weighted by molar-refractivity contribution is 7.99. The number of hydrogen-bond acceptors (Lipinski definition) is 6. The molecule has 7 nitrogen and oxygen atoms in total. The number of carbonyl (C=O) groups is 1. The van der Waals surface area contributed by atoms with Crippen LogP contribution in [0.5, 0.6) is 5.75 Å². The summed E-state index contributed by atoms with van der Waals surface area (Å²) < 4.78 is 47.8. The standard InChI is InChI=1S/C17H15F3N4O3S/c1-2-24-15(13-7-4-8-26-13)22-23-16(24)28-10-14(25)21-11-5-3-6-12(9-11)27-17(18,19)20/h3-9H,2,10H2,1H3,(H,21,25). The van der Waals surface area contributed by atoms with Gasteiger partial charge in [-0.3, -0.25) is 9.36 Å². The van der Waals surface area contributed by atoms with E-state index < -0.39 is 18.0 Å². The second kappa shape index (κ2) is 8.38. The molecular weight excluding hydrogens is 397 g/mol. The highest BCUT2D eigenvalue weighted by Crippen LogP contribution is 2.26. The third kappa shape index (κ3) is 5.06. The van der Waals surface area contributed by atoms with Crippen molar-refractivity contribution in [2.75, 3.05) is 11.1 Å². The molecule has 0 aliphatic carbocycles. The molecule has 3 rings (SSSR count). The van der Waals surface area contributed by atoms with Crippen LogP contribution in [0.2, 0.25) is 0 Å². The van der Waals surface area contributed by atoms with Gasteiger partial charge in [0.25, 0.3) is 0 Å².